The predicted molar refractivity (Wildman–Crippen MR) is 81.3 cm³/mol. The molecule has 21 heavy (non-hydrogen) atoms. The van der Waals surface area contributed by atoms with Gasteiger partial charge in [0, 0.05) is 6.04 Å². The molecule has 1 unspecified atom stereocenters. The summed E-state index contributed by atoms with van der Waals surface area (Å²) < 4.78 is 37.7. The zero-order valence-corrected chi connectivity index (χ0v) is 13.3. The fourth-order valence-corrected chi connectivity index (χ4v) is 2.42. The Bertz CT molecular complexity index is 415. The number of halogens is 3. The Morgan fingerprint density at radius 1 is 1.05 bits per heavy atom. The molecule has 0 bridgehead atoms. The highest BCUT2D eigenvalue weighted by molar-refractivity contribution is 5.25. The standard InChI is InChI=1S/C17H26F3N/c1-5-10-21-15(12-16(2,3)4)11-13-6-8-14(9-7-13)17(18,19)20/h6-9,15,21H,5,10-12H2,1-4H3. The summed E-state index contributed by atoms with van der Waals surface area (Å²) in [4.78, 5) is 0. The number of benzene rings is 1. The van der Waals surface area contributed by atoms with Crippen molar-refractivity contribution >= 4 is 0 Å². The summed E-state index contributed by atoms with van der Waals surface area (Å²) in [6.45, 7) is 9.59. The SMILES string of the molecule is CCCNC(Cc1ccc(C(F)(F)F)cc1)CC(C)(C)C. The highest BCUT2D eigenvalue weighted by Crippen LogP contribution is 2.29. The molecule has 0 aliphatic heterocycles. The van der Waals surface area contributed by atoms with E-state index in [0.717, 1.165) is 31.4 Å². The highest BCUT2D eigenvalue weighted by atomic mass is 19.4. The van der Waals surface area contributed by atoms with Crippen molar-refractivity contribution in [2.75, 3.05) is 6.54 Å². The molecule has 1 aromatic carbocycles. The van der Waals surface area contributed by atoms with Gasteiger partial charge in [-0.2, -0.15) is 13.2 Å². The van der Waals surface area contributed by atoms with Crippen molar-refractivity contribution in [2.45, 2.75) is 59.2 Å². The topological polar surface area (TPSA) is 12.0 Å². The molecule has 0 spiro atoms. The van der Waals surface area contributed by atoms with E-state index in [9.17, 15) is 13.2 Å². The maximum absolute atomic E-state index is 12.6. The van der Waals surface area contributed by atoms with E-state index in [1.165, 1.54) is 12.1 Å². The van der Waals surface area contributed by atoms with E-state index >= 15 is 0 Å². The molecule has 120 valence electrons. The maximum atomic E-state index is 12.6. The quantitative estimate of drug-likeness (QED) is 0.775. The van der Waals surface area contributed by atoms with Crippen molar-refractivity contribution in [1.29, 1.82) is 0 Å². The number of nitrogens with one attached hydrogen (secondary N) is 1. The summed E-state index contributed by atoms with van der Waals surface area (Å²) in [7, 11) is 0. The van der Waals surface area contributed by atoms with Gasteiger partial charge in [0.15, 0.2) is 0 Å². The molecule has 1 N–H and O–H groups in total. The fraction of sp³-hybridized carbons (Fsp3) is 0.647. The van der Waals surface area contributed by atoms with Crippen LogP contribution in [0.2, 0.25) is 0 Å². The number of hydrogen-bond donors (Lipinski definition) is 1. The predicted octanol–water partition coefficient (Wildman–Crippen LogP) is 5.05. The minimum absolute atomic E-state index is 0.192. The highest BCUT2D eigenvalue weighted by Gasteiger charge is 2.30. The summed E-state index contributed by atoms with van der Waals surface area (Å²) in [5.41, 5.74) is 0.554. The Kier molecular flexibility index (Phi) is 6.26. The van der Waals surface area contributed by atoms with Crippen LogP contribution in [0.4, 0.5) is 13.2 Å². The van der Waals surface area contributed by atoms with E-state index in [4.69, 9.17) is 0 Å². The summed E-state index contributed by atoms with van der Waals surface area (Å²) in [5, 5.41) is 3.50. The lowest BCUT2D eigenvalue weighted by molar-refractivity contribution is -0.137. The van der Waals surface area contributed by atoms with Crippen LogP contribution in [-0.2, 0) is 12.6 Å². The minimum Gasteiger partial charge on any atom is -0.314 e. The van der Waals surface area contributed by atoms with Gasteiger partial charge in [-0.15, -0.1) is 0 Å². The zero-order valence-electron chi connectivity index (χ0n) is 13.3. The molecule has 4 heteroatoms. The van der Waals surface area contributed by atoms with Gasteiger partial charge < -0.3 is 5.32 Å². The van der Waals surface area contributed by atoms with Gasteiger partial charge in [0.2, 0.25) is 0 Å². The van der Waals surface area contributed by atoms with E-state index in [1.807, 2.05) is 0 Å². The van der Waals surface area contributed by atoms with Crippen molar-refractivity contribution in [3.05, 3.63) is 35.4 Å². The van der Waals surface area contributed by atoms with Gasteiger partial charge in [-0.3, -0.25) is 0 Å². The van der Waals surface area contributed by atoms with Crippen LogP contribution < -0.4 is 5.32 Å². The van der Waals surface area contributed by atoms with E-state index in [2.05, 4.69) is 33.0 Å². The normalized spacial score (nSPS) is 14.2. The van der Waals surface area contributed by atoms with Gasteiger partial charge in [-0.1, -0.05) is 39.8 Å². The average Bonchev–Trinajstić information content (AvgIpc) is 2.33. The molecule has 0 heterocycles. The molecule has 1 rings (SSSR count). The minimum atomic E-state index is -4.26. The third-order valence-electron chi connectivity index (χ3n) is 3.31. The first-order chi connectivity index (χ1) is 9.62. The zero-order chi connectivity index (χ0) is 16.1. The van der Waals surface area contributed by atoms with Crippen molar-refractivity contribution in [1.82, 2.24) is 5.32 Å². The van der Waals surface area contributed by atoms with Crippen LogP contribution in [0.3, 0.4) is 0 Å². The first-order valence-corrected chi connectivity index (χ1v) is 7.51. The third kappa shape index (κ3) is 6.98. The molecule has 0 aromatic heterocycles. The van der Waals surface area contributed by atoms with Crippen LogP contribution in [0, 0.1) is 5.41 Å². The Morgan fingerprint density at radius 2 is 1.62 bits per heavy atom. The molecule has 0 amide bonds. The Balaban J connectivity index is 2.73. The van der Waals surface area contributed by atoms with Crippen LogP contribution in [0.15, 0.2) is 24.3 Å². The number of hydrogen-bond acceptors (Lipinski definition) is 1. The fourth-order valence-electron chi connectivity index (χ4n) is 2.42. The lowest BCUT2D eigenvalue weighted by Gasteiger charge is -2.27. The maximum Gasteiger partial charge on any atom is 0.416 e. The van der Waals surface area contributed by atoms with Crippen LogP contribution in [-0.4, -0.2) is 12.6 Å². The molecule has 0 fully saturated rings. The second-order valence-corrected chi connectivity index (χ2v) is 6.81. The molecule has 1 aromatic rings. The van der Waals surface area contributed by atoms with Crippen molar-refractivity contribution in [3.8, 4) is 0 Å². The number of alkyl halides is 3. The molecule has 0 saturated heterocycles. The second-order valence-electron chi connectivity index (χ2n) is 6.81. The Hall–Kier alpha value is -1.03. The van der Waals surface area contributed by atoms with E-state index in [1.54, 1.807) is 12.1 Å². The summed E-state index contributed by atoms with van der Waals surface area (Å²) >= 11 is 0. The molecule has 0 saturated carbocycles. The Labute approximate surface area is 125 Å². The molecule has 1 atom stereocenters. The van der Waals surface area contributed by atoms with Crippen molar-refractivity contribution in [2.24, 2.45) is 5.41 Å². The molecule has 0 aliphatic carbocycles. The van der Waals surface area contributed by atoms with Crippen LogP contribution in [0.5, 0.6) is 0 Å². The molecule has 0 aliphatic rings. The molecular formula is C17H26F3N. The van der Waals surface area contributed by atoms with Crippen LogP contribution >= 0.6 is 0 Å². The molecular weight excluding hydrogens is 275 g/mol. The second kappa shape index (κ2) is 7.30. The smallest absolute Gasteiger partial charge is 0.314 e. The van der Waals surface area contributed by atoms with Gasteiger partial charge in [0.25, 0.3) is 0 Å². The Morgan fingerprint density at radius 3 is 2.05 bits per heavy atom. The van der Waals surface area contributed by atoms with Gasteiger partial charge in [0.05, 0.1) is 5.56 Å². The van der Waals surface area contributed by atoms with Gasteiger partial charge in [-0.05, 0) is 48.9 Å². The number of rotatable bonds is 6. The largest absolute Gasteiger partial charge is 0.416 e. The summed E-state index contributed by atoms with van der Waals surface area (Å²) in [6.07, 6.45) is -1.46. The monoisotopic (exact) mass is 301 g/mol. The van der Waals surface area contributed by atoms with Crippen LogP contribution in [0.25, 0.3) is 0 Å². The molecule has 1 nitrogen and oxygen atoms in total. The lowest BCUT2D eigenvalue weighted by Crippen LogP contribution is -2.35. The van der Waals surface area contributed by atoms with Gasteiger partial charge in [-0.25, -0.2) is 0 Å². The van der Waals surface area contributed by atoms with Gasteiger partial charge >= 0.3 is 6.18 Å². The van der Waals surface area contributed by atoms with Gasteiger partial charge in [0.1, 0.15) is 0 Å². The average molecular weight is 301 g/mol. The van der Waals surface area contributed by atoms with Crippen molar-refractivity contribution < 1.29 is 13.2 Å². The van der Waals surface area contributed by atoms with E-state index in [0.29, 0.717) is 6.04 Å². The first kappa shape index (κ1) is 18.0. The summed E-state index contributed by atoms with van der Waals surface area (Å²) in [5.74, 6) is 0. The lowest BCUT2D eigenvalue weighted by atomic mass is 9.85. The first-order valence-electron chi connectivity index (χ1n) is 7.51. The van der Waals surface area contributed by atoms with Crippen molar-refractivity contribution in [3.63, 3.8) is 0 Å². The van der Waals surface area contributed by atoms with E-state index < -0.39 is 11.7 Å². The van der Waals surface area contributed by atoms with E-state index in [-0.39, 0.29) is 5.41 Å². The molecule has 0 radical (unpaired) electrons. The van der Waals surface area contributed by atoms with Crippen LogP contribution in [0.1, 0.15) is 51.7 Å². The summed E-state index contributed by atoms with van der Waals surface area (Å²) in [6, 6.07) is 5.81. The third-order valence-corrected chi connectivity index (χ3v) is 3.31.